The zero-order chi connectivity index (χ0) is 19.3. The minimum Gasteiger partial charge on any atom is -0.495 e. The number of para-hydroxylation sites is 1. The van der Waals surface area contributed by atoms with E-state index >= 15 is 0 Å². The van der Waals surface area contributed by atoms with Crippen molar-refractivity contribution >= 4 is 21.6 Å². The Bertz CT molecular complexity index is 862. The molecule has 0 aromatic heterocycles. The zero-order valence-electron chi connectivity index (χ0n) is 15.5. The van der Waals surface area contributed by atoms with Crippen molar-refractivity contribution in [2.75, 3.05) is 32.1 Å². The van der Waals surface area contributed by atoms with Crippen molar-refractivity contribution in [1.82, 2.24) is 4.31 Å². The van der Waals surface area contributed by atoms with Crippen molar-refractivity contribution in [2.24, 2.45) is 0 Å². The van der Waals surface area contributed by atoms with E-state index < -0.39 is 10.0 Å². The van der Waals surface area contributed by atoms with Gasteiger partial charge in [-0.05, 0) is 30.3 Å². The summed E-state index contributed by atoms with van der Waals surface area (Å²) in [6.07, 6.45) is 0. The molecule has 1 amide bonds. The van der Waals surface area contributed by atoms with Gasteiger partial charge in [-0.1, -0.05) is 32.0 Å². The summed E-state index contributed by atoms with van der Waals surface area (Å²) in [5.74, 6) is -0.0781. The van der Waals surface area contributed by atoms with Gasteiger partial charge in [0.15, 0.2) is 0 Å². The van der Waals surface area contributed by atoms with E-state index in [0.717, 1.165) is 5.69 Å². The largest absolute Gasteiger partial charge is 0.495 e. The summed E-state index contributed by atoms with van der Waals surface area (Å²) >= 11 is 0. The quantitative estimate of drug-likeness (QED) is 0.745. The van der Waals surface area contributed by atoms with E-state index in [1.807, 2.05) is 30.3 Å². The van der Waals surface area contributed by atoms with E-state index in [0.29, 0.717) is 13.1 Å². The average Bonchev–Trinajstić information content (AvgIpc) is 2.67. The van der Waals surface area contributed by atoms with Crippen molar-refractivity contribution < 1.29 is 17.9 Å². The number of sulfonamides is 1. The van der Waals surface area contributed by atoms with E-state index in [4.69, 9.17) is 4.74 Å². The Hall–Kier alpha value is -2.38. The van der Waals surface area contributed by atoms with E-state index in [1.54, 1.807) is 27.0 Å². The van der Waals surface area contributed by atoms with Crippen molar-refractivity contribution in [3.05, 3.63) is 54.1 Å². The molecule has 0 aliphatic carbocycles. The van der Waals surface area contributed by atoms with Gasteiger partial charge >= 0.3 is 0 Å². The molecule has 2 aromatic carbocycles. The number of hydrogen-bond acceptors (Lipinski definition) is 4. The first-order valence-corrected chi connectivity index (χ1v) is 9.82. The summed E-state index contributed by atoms with van der Waals surface area (Å²) in [7, 11) is -0.689. The second-order valence-electron chi connectivity index (χ2n) is 5.65. The smallest absolute Gasteiger partial charge is 0.258 e. The molecule has 2 aromatic rings. The van der Waals surface area contributed by atoms with Gasteiger partial charge in [0, 0.05) is 31.4 Å². The highest BCUT2D eigenvalue weighted by atomic mass is 32.2. The number of hydrogen-bond donors (Lipinski definition) is 0. The molecular weight excluding hydrogens is 352 g/mol. The normalized spacial score (nSPS) is 11.4. The molecule has 140 valence electrons. The van der Waals surface area contributed by atoms with E-state index in [1.165, 1.54) is 28.4 Å². The van der Waals surface area contributed by atoms with Crippen LogP contribution in [0.5, 0.6) is 5.75 Å². The lowest BCUT2D eigenvalue weighted by Gasteiger charge is -2.21. The van der Waals surface area contributed by atoms with Crippen LogP contribution < -0.4 is 9.64 Å². The summed E-state index contributed by atoms with van der Waals surface area (Å²) in [5, 5.41) is 0. The number of amides is 1. The molecule has 0 unspecified atom stereocenters. The first-order chi connectivity index (χ1) is 12.4. The molecule has 7 heteroatoms. The average molecular weight is 376 g/mol. The second-order valence-corrected chi connectivity index (χ2v) is 7.56. The number of nitrogens with zero attached hydrogens (tertiary/aromatic N) is 2. The van der Waals surface area contributed by atoms with Crippen LogP contribution in [-0.2, 0) is 10.0 Å². The third-order valence-corrected chi connectivity index (χ3v) is 6.25. The van der Waals surface area contributed by atoms with Crippen LogP contribution in [0.3, 0.4) is 0 Å². The molecule has 0 atom stereocenters. The number of carbonyl (C=O) groups excluding carboxylic acids is 1. The van der Waals surface area contributed by atoms with Crippen LogP contribution in [0.15, 0.2) is 53.4 Å². The lowest BCUT2D eigenvalue weighted by atomic mass is 10.2. The van der Waals surface area contributed by atoms with Gasteiger partial charge in [-0.2, -0.15) is 4.31 Å². The Morgan fingerprint density at radius 1 is 1.04 bits per heavy atom. The van der Waals surface area contributed by atoms with E-state index in [2.05, 4.69) is 0 Å². The lowest BCUT2D eigenvalue weighted by molar-refractivity contribution is 0.0992. The summed E-state index contributed by atoms with van der Waals surface area (Å²) in [6.45, 7) is 4.21. The Morgan fingerprint density at radius 3 is 2.19 bits per heavy atom. The summed E-state index contributed by atoms with van der Waals surface area (Å²) in [4.78, 5) is 14.3. The Morgan fingerprint density at radius 2 is 1.65 bits per heavy atom. The van der Waals surface area contributed by atoms with Gasteiger partial charge < -0.3 is 9.64 Å². The van der Waals surface area contributed by atoms with Crippen LogP contribution in [-0.4, -0.2) is 45.9 Å². The highest BCUT2D eigenvalue weighted by Crippen LogP contribution is 2.28. The fraction of sp³-hybridized carbons (Fsp3) is 0.316. The van der Waals surface area contributed by atoms with Gasteiger partial charge in [-0.25, -0.2) is 8.42 Å². The molecular formula is C19H24N2O4S. The monoisotopic (exact) mass is 376 g/mol. The maximum Gasteiger partial charge on any atom is 0.258 e. The molecule has 0 heterocycles. The summed E-state index contributed by atoms with van der Waals surface area (Å²) in [6, 6.07) is 13.6. The van der Waals surface area contributed by atoms with Crippen LogP contribution in [0.2, 0.25) is 0 Å². The van der Waals surface area contributed by atoms with Gasteiger partial charge in [0.05, 0.1) is 7.11 Å². The zero-order valence-corrected chi connectivity index (χ0v) is 16.3. The molecule has 0 saturated heterocycles. The minimum atomic E-state index is -3.75. The molecule has 0 bridgehead atoms. The molecule has 26 heavy (non-hydrogen) atoms. The van der Waals surface area contributed by atoms with Gasteiger partial charge in [-0.15, -0.1) is 0 Å². The second kappa shape index (κ2) is 8.33. The van der Waals surface area contributed by atoms with Crippen molar-refractivity contribution in [1.29, 1.82) is 0 Å². The van der Waals surface area contributed by atoms with Crippen LogP contribution in [0.4, 0.5) is 5.69 Å². The number of carbonyl (C=O) groups is 1. The topological polar surface area (TPSA) is 66.9 Å². The van der Waals surface area contributed by atoms with Gasteiger partial charge in [0.1, 0.15) is 10.6 Å². The predicted octanol–water partition coefficient (Wildman–Crippen LogP) is 3.00. The first kappa shape index (κ1) is 19.9. The predicted molar refractivity (Wildman–Crippen MR) is 102 cm³/mol. The lowest BCUT2D eigenvalue weighted by Crippen LogP contribution is -2.31. The van der Waals surface area contributed by atoms with Gasteiger partial charge in [-0.3, -0.25) is 4.79 Å². The summed E-state index contributed by atoms with van der Waals surface area (Å²) < 4.78 is 32.4. The van der Waals surface area contributed by atoms with Crippen LogP contribution in [0, 0.1) is 0 Å². The molecule has 0 fully saturated rings. The Balaban J connectivity index is 2.48. The van der Waals surface area contributed by atoms with Crippen LogP contribution >= 0.6 is 0 Å². The maximum absolute atomic E-state index is 12.9. The Labute approximate surface area is 155 Å². The molecule has 6 nitrogen and oxygen atoms in total. The fourth-order valence-corrected chi connectivity index (χ4v) is 4.32. The Kier molecular flexibility index (Phi) is 6.39. The van der Waals surface area contributed by atoms with E-state index in [-0.39, 0.29) is 22.1 Å². The van der Waals surface area contributed by atoms with Crippen LogP contribution in [0.25, 0.3) is 0 Å². The number of benzene rings is 2. The van der Waals surface area contributed by atoms with Gasteiger partial charge in [0.2, 0.25) is 10.0 Å². The molecule has 0 N–H and O–H groups in total. The number of rotatable bonds is 7. The third-order valence-electron chi connectivity index (χ3n) is 4.18. The number of methoxy groups -OCH3 is 1. The van der Waals surface area contributed by atoms with Crippen molar-refractivity contribution in [2.45, 2.75) is 18.7 Å². The number of ether oxygens (including phenoxy) is 1. The summed E-state index contributed by atoms with van der Waals surface area (Å²) in [5.41, 5.74) is 1.00. The standard InChI is InChI=1S/C19H24N2O4S/c1-5-21(6-2)26(23,24)18-14-15(12-13-17(18)25-4)19(22)20(3)16-10-8-7-9-11-16/h7-14H,5-6H2,1-4H3. The van der Waals surface area contributed by atoms with Crippen molar-refractivity contribution in [3.63, 3.8) is 0 Å². The molecule has 0 radical (unpaired) electrons. The molecule has 0 aliphatic heterocycles. The molecule has 0 spiro atoms. The molecule has 0 saturated carbocycles. The highest BCUT2D eigenvalue weighted by Gasteiger charge is 2.27. The maximum atomic E-state index is 12.9. The highest BCUT2D eigenvalue weighted by molar-refractivity contribution is 7.89. The first-order valence-electron chi connectivity index (χ1n) is 8.38. The number of anilines is 1. The minimum absolute atomic E-state index is 0.00369. The fourth-order valence-electron chi connectivity index (χ4n) is 2.68. The third kappa shape index (κ3) is 3.89. The van der Waals surface area contributed by atoms with Gasteiger partial charge in [0.25, 0.3) is 5.91 Å². The van der Waals surface area contributed by atoms with E-state index in [9.17, 15) is 13.2 Å². The molecule has 2 rings (SSSR count). The SMILES string of the molecule is CCN(CC)S(=O)(=O)c1cc(C(=O)N(C)c2ccccc2)ccc1OC. The van der Waals surface area contributed by atoms with Crippen molar-refractivity contribution in [3.8, 4) is 5.75 Å². The molecule has 0 aliphatic rings. The van der Waals surface area contributed by atoms with Crippen LogP contribution in [0.1, 0.15) is 24.2 Å².